The fourth-order valence-corrected chi connectivity index (χ4v) is 3.03. The minimum Gasteiger partial charge on any atom is -0.383 e. The summed E-state index contributed by atoms with van der Waals surface area (Å²) >= 11 is 0. The molecule has 0 aromatic heterocycles. The van der Waals surface area contributed by atoms with Crippen LogP contribution >= 0.6 is 0 Å². The first-order valence-electron chi connectivity index (χ1n) is 7.81. The van der Waals surface area contributed by atoms with Gasteiger partial charge >= 0.3 is 0 Å². The Kier molecular flexibility index (Phi) is 6.54. The molecule has 0 aromatic rings. The third-order valence-electron chi connectivity index (χ3n) is 4.30. The molecule has 4 nitrogen and oxygen atoms in total. The summed E-state index contributed by atoms with van der Waals surface area (Å²) in [6, 6.07) is 0. The Morgan fingerprint density at radius 1 is 1.30 bits per heavy atom. The number of allylic oxidation sites excluding steroid dienone is 2. The van der Waals surface area contributed by atoms with E-state index in [4.69, 9.17) is 9.47 Å². The molecular formula is C16H27NO3. The molecule has 0 spiro atoms. The van der Waals surface area contributed by atoms with Crippen molar-refractivity contribution < 1.29 is 14.3 Å². The number of rotatable bonds is 6. The molecule has 1 saturated heterocycles. The Bertz CT molecular complexity index is 324. The first-order valence-corrected chi connectivity index (χ1v) is 7.81. The zero-order chi connectivity index (χ0) is 14.2. The van der Waals surface area contributed by atoms with Crippen molar-refractivity contribution in [1.29, 1.82) is 0 Å². The molecule has 1 aliphatic heterocycles. The maximum absolute atomic E-state index is 12.7. The van der Waals surface area contributed by atoms with Gasteiger partial charge in [0.05, 0.1) is 6.61 Å². The van der Waals surface area contributed by atoms with Gasteiger partial charge in [-0.25, -0.2) is 0 Å². The predicted molar refractivity (Wildman–Crippen MR) is 78.5 cm³/mol. The van der Waals surface area contributed by atoms with Crippen LogP contribution in [-0.2, 0) is 14.3 Å². The number of amides is 1. The summed E-state index contributed by atoms with van der Waals surface area (Å²) in [7, 11) is 1.69. The smallest absolute Gasteiger partial charge is 0.225 e. The molecule has 1 amide bonds. The van der Waals surface area contributed by atoms with Gasteiger partial charge in [-0.2, -0.15) is 0 Å². The number of hydrogen-bond acceptors (Lipinski definition) is 3. The van der Waals surface area contributed by atoms with Gasteiger partial charge in [-0.05, 0) is 38.0 Å². The highest BCUT2D eigenvalue weighted by Gasteiger charge is 2.27. The molecule has 20 heavy (non-hydrogen) atoms. The Labute approximate surface area is 122 Å². The minimum atomic E-state index is 0.153. The van der Waals surface area contributed by atoms with Crippen molar-refractivity contribution in [1.82, 2.24) is 4.90 Å². The molecule has 1 heterocycles. The van der Waals surface area contributed by atoms with E-state index in [-0.39, 0.29) is 5.92 Å². The molecule has 1 aliphatic carbocycles. The fraction of sp³-hybridized carbons (Fsp3) is 0.812. The molecule has 114 valence electrons. The van der Waals surface area contributed by atoms with Crippen molar-refractivity contribution in [2.75, 3.05) is 40.0 Å². The van der Waals surface area contributed by atoms with Gasteiger partial charge in [0, 0.05) is 39.3 Å². The summed E-state index contributed by atoms with van der Waals surface area (Å²) in [5.74, 6) is 1.07. The van der Waals surface area contributed by atoms with Gasteiger partial charge in [0.2, 0.25) is 5.91 Å². The van der Waals surface area contributed by atoms with Crippen molar-refractivity contribution in [2.45, 2.75) is 32.1 Å². The van der Waals surface area contributed by atoms with Crippen molar-refractivity contribution in [2.24, 2.45) is 11.8 Å². The Morgan fingerprint density at radius 2 is 2.10 bits per heavy atom. The van der Waals surface area contributed by atoms with Crippen molar-refractivity contribution in [3.8, 4) is 0 Å². The molecule has 0 aromatic carbocycles. The third kappa shape index (κ3) is 4.60. The highest BCUT2D eigenvalue weighted by Crippen LogP contribution is 2.22. The molecule has 1 atom stereocenters. The van der Waals surface area contributed by atoms with E-state index in [0.717, 1.165) is 45.4 Å². The summed E-state index contributed by atoms with van der Waals surface area (Å²) in [5.41, 5.74) is 0. The second-order valence-electron chi connectivity index (χ2n) is 5.81. The normalized spacial score (nSPS) is 23.8. The molecule has 0 N–H and O–H groups in total. The molecule has 0 radical (unpaired) electrons. The summed E-state index contributed by atoms with van der Waals surface area (Å²) < 4.78 is 10.5. The summed E-state index contributed by atoms with van der Waals surface area (Å²) in [6.07, 6.45) is 9.68. The highest BCUT2D eigenvalue weighted by molar-refractivity contribution is 5.79. The summed E-state index contributed by atoms with van der Waals surface area (Å²) in [4.78, 5) is 14.7. The van der Waals surface area contributed by atoms with Gasteiger partial charge in [-0.15, -0.1) is 0 Å². The van der Waals surface area contributed by atoms with Crippen LogP contribution in [0.1, 0.15) is 32.1 Å². The predicted octanol–water partition coefficient (Wildman–Crippen LogP) is 2.24. The van der Waals surface area contributed by atoms with Gasteiger partial charge in [-0.1, -0.05) is 12.2 Å². The molecule has 1 fully saturated rings. The molecule has 2 rings (SSSR count). The SMILES string of the molecule is COCCN(C[C@@H]1CC=CCC1)C(=O)C1CCOCC1. The van der Waals surface area contributed by atoms with Crippen molar-refractivity contribution in [3.05, 3.63) is 12.2 Å². The lowest BCUT2D eigenvalue weighted by Gasteiger charge is -2.32. The standard InChI is InChI=1S/C16H27NO3/c1-19-12-9-17(13-14-5-3-2-4-6-14)16(18)15-7-10-20-11-8-15/h2-3,14-15H,4-13H2,1H3/t14-/m1/s1. The maximum atomic E-state index is 12.7. The van der Waals surface area contributed by atoms with Gasteiger partial charge in [0.1, 0.15) is 0 Å². The Morgan fingerprint density at radius 3 is 2.75 bits per heavy atom. The lowest BCUT2D eigenvalue weighted by molar-refractivity contribution is -0.139. The topological polar surface area (TPSA) is 38.8 Å². The number of hydrogen-bond donors (Lipinski definition) is 0. The monoisotopic (exact) mass is 281 g/mol. The molecule has 0 saturated carbocycles. The van der Waals surface area contributed by atoms with Gasteiger partial charge < -0.3 is 14.4 Å². The third-order valence-corrected chi connectivity index (χ3v) is 4.30. The van der Waals surface area contributed by atoms with Crippen LogP contribution in [0.4, 0.5) is 0 Å². The van der Waals surface area contributed by atoms with Crippen LogP contribution in [0.3, 0.4) is 0 Å². The Balaban J connectivity index is 1.90. The largest absolute Gasteiger partial charge is 0.383 e. The van der Waals surface area contributed by atoms with Gasteiger partial charge in [-0.3, -0.25) is 4.79 Å². The highest BCUT2D eigenvalue weighted by atomic mass is 16.5. The number of nitrogens with zero attached hydrogens (tertiary/aromatic N) is 1. The molecular weight excluding hydrogens is 254 g/mol. The van der Waals surface area contributed by atoms with Gasteiger partial charge in [0.25, 0.3) is 0 Å². The fourth-order valence-electron chi connectivity index (χ4n) is 3.03. The number of carbonyl (C=O) groups excluding carboxylic acids is 1. The van der Waals surface area contributed by atoms with Gasteiger partial charge in [0.15, 0.2) is 0 Å². The molecule has 2 aliphatic rings. The average molecular weight is 281 g/mol. The lowest BCUT2D eigenvalue weighted by Crippen LogP contribution is -2.43. The summed E-state index contributed by atoms with van der Waals surface area (Å²) in [5, 5.41) is 0. The number of carbonyl (C=O) groups is 1. The maximum Gasteiger partial charge on any atom is 0.225 e. The van der Waals surface area contributed by atoms with Crippen LogP contribution in [0.5, 0.6) is 0 Å². The Hall–Kier alpha value is -0.870. The minimum absolute atomic E-state index is 0.153. The van der Waals surface area contributed by atoms with E-state index in [9.17, 15) is 4.79 Å². The zero-order valence-electron chi connectivity index (χ0n) is 12.6. The van der Waals surface area contributed by atoms with Crippen LogP contribution in [-0.4, -0.2) is 50.8 Å². The number of methoxy groups -OCH3 is 1. The number of ether oxygens (including phenoxy) is 2. The van der Waals surface area contributed by atoms with Crippen LogP contribution in [0.25, 0.3) is 0 Å². The second-order valence-corrected chi connectivity index (χ2v) is 5.81. The van der Waals surface area contributed by atoms with Crippen molar-refractivity contribution >= 4 is 5.91 Å². The van der Waals surface area contributed by atoms with E-state index in [1.165, 1.54) is 6.42 Å². The van der Waals surface area contributed by atoms with E-state index < -0.39 is 0 Å². The average Bonchev–Trinajstić information content (AvgIpc) is 2.52. The molecule has 0 unspecified atom stereocenters. The van der Waals surface area contributed by atoms with Crippen LogP contribution in [0, 0.1) is 11.8 Å². The van der Waals surface area contributed by atoms with Crippen molar-refractivity contribution in [3.63, 3.8) is 0 Å². The lowest BCUT2D eigenvalue weighted by atomic mass is 9.92. The first-order chi connectivity index (χ1) is 9.81. The van der Waals surface area contributed by atoms with E-state index in [0.29, 0.717) is 25.0 Å². The van der Waals surface area contributed by atoms with E-state index in [1.54, 1.807) is 7.11 Å². The van der Waals surface area contributed by atoms with Crippen LogP contribution in [0.15, 0.2) is 12.2 Å². The molecule has 0 bridgehead atoms. The van der Waals surface area contributed by atoms with E-state index in [2.05, 4.69) is 12.2 Å². The quantitative estimate of drug-likeness (QED) is 0.701. The van der Waals surface area contributed by atoms with E-state index in [1.807, 2.05) is 4.90 Å². The zero-order valence-corrected chi connectivity index (χ0v) is 12.6. The summed E-state index contributed by atoms with van der Waals surface area (Å²) in [6.45, 7) is 3.66. The second kappa shape index (κ2) is 8.42. The van der Waals surface area contributed by atoms with E-state index >= 15 is 0 Å². The van der Waals surface area contributed by atoms with Crippen LogP contribution < -0.4 is 0 Å². The van der Waals surface area contributed by atoms with Crippen LogP contribution in [0.2, 0.25) is 0 Å². The molecule has 4 heteroatoms. The first kappa shape index (κ1) is 15.5.